The molecule has 10 rings (SSSR count). The van der Waals surface area contributed by atoms with Crippen molar-refractivity contribution in [3.63, 3.8) is 0 Å². The van der Waals surface area contributed by atoms with E-state index in [2.05, 4.69) is 138 Å². The van der Waals surface area contributed by atoms with Gasteiger partial charge < -0.3 is 0 Å². The van der Waals surface area contributed by atoms with Crippen LogP contribution in [0.15, 0.2) is 176 Å². The van der Waals surface area contributed by atoms with Crippen molar-refractivity contribution in [3.05, 3.63) is 210 Å². The molecule has 1 heterocycles. The van der Waals surface area contributed by atoms with Gasteiger partial charge in [0.15, 0.2) is 11.5 Å². The van der Waals surface area contributed by atoms with Gasteiger partial charge in [-0.15, -0.1) is 0 Å². The van der Waals surface area contributed by atoms with Gasteiger partial charge >= 0.3 is 0 Å². The fourth-order valence-electron chi connectivity index (χ4n) is 8.40. The lowest BCUT2D eigenvalue weighted by Gasteiger charge is -2.30. The lowest BCUT2D eigenvalue weighted by molar-refractivity contribution is 0.794. The van der Waals surface area contributed by atoms with Crippen LogP contribution in [0.25, 0.3) is 72.1 Å². The van der Waals surface area contributed by atoms with Gasteiger partial charge in [-0.2, -0.15) is 0 Å². The molecule has 3 nitrogen and oxygen atoms in total. The van der Waals surface area contributed by atoms with Gasteiger partial charge in [0.1, 0.15) is 0 Å². The number of nitrogens with zero attached hydrogens (tertiary/aromatic N) is 3. The van der Waals surface area contributed by atoms with Crippen LogP contribution in [-0.4, -0.2) is 9.97 Å². The van der Waals surface area contributed by atoms with E-state index < -0.39 is 5.41 Å². The van der Waals surface area contributed by atoms with Crippen molar-refractivity contribution < 1.29 is 0 Å². The molecule has 8 aromatic rings. The molecule has 0 N–H and O–H groups in total. The Kier molecular flexibility index (Phi) is 6.46. The maximum absolute atomic E-state index is 7.95. The maximum atomic E-state index is 7.95. The summed E-state index contributed by atoms with van der Waals surface area (Å²) in [6.45, 7) is 7.95. The number of hydrogen-bond acceptors (Lipinski definition) is 2. The number of benzene rings is 7. The zero-order chi connectivity index (χ0) is 33.9. The zero-order valence-corrected chi connectivity index (χ0v) is 27.6. The van der Waals surface area contributed by atoms with Crippen LogP contribution >= 0.6 is 0 Å². The molecule has 0 bridgehead atoms. The highest BCUT2D eigenvalue weighted by molar-refractivity contribution is 6.00. The molecular weight excluding hydrogens is 619 g/mol. The molecule has 0 atom stereocenters. The Morgan fingerprint density at radius 3 is 1.65 bits per heavy atom. The molecule has 0 aliphatic heterocycles. The van der Waals surface area contributed by atoms with Crippen molar-refractivity contribution in [3.8, 4) is 67.3 Å². The lowest BCUT2D eigenvalue weighted by Crippen LogP contribution is -2.25. The first kappa shape index (κ1) is 29.1. The number of hydrogen-bond donors (Lipinski definition) is 0. The Balaban J connectivity index is 1.20. The van der Waals surface area contributed by atoms with Crippen LogP contribution in [0.3, 0.4) is 0 Å². The van der Waals surface area contributed by atoms with Gasteiger partial charge in [-0.3, -0.25) is 0 Å². The van der Waals surface area contributed by atoms with Gasteiger partial charge in [-0.25, -0.2) is 14.8 Å². The molecule has 3 heteroatoms. The van der Waals surface area contributed by atoms with Gasteiger partial charge in [0, 0.05) is 16.7 Å². The molecule has 0 unspecified atom stereocenters. The molecule has 1 aromatic heterocycles. The molecule has 1 spiro atoms. The van der Waals surface area contributed by atoms with Crippen molar-refractivity contribution in [2.45, 2.75) is 5.41 Å². The standard InChI is InChI=1S/C48H29N3/c1-49-35-26-27-39-43(29-35)48(40-23-10-8-20-37(40)38-21-9-11-24-41(38)48)42-25-13-22-36(46(39)42)33-18-12-19-34(28-33)45-30-44(31-14-4-2-5-15-31)50-47(51-45)32-16-6-3-7-17-32/h2-30H. The van der Waals surface area contributed by atoms with E-state index in [1.54, 1.807) is 0 Å². The van der Waals surface area contributed by atoms with E-state index in [1.165, 1.54) is 44.5 Å². The first-order valence-electron chi connectivity index (χ1n) is 17.2. The Bertz CT molecular complexity index is 2600. The predicted octanol–water partition coefficient (Wildman–Crippen LogP) is 12.0. The predicted molar refractivity (Wildman–Crippen MR) is 206 cm³/mol. The summed E-state index contributed by atoms with van der Waals surface area (Å²) in [6, 6.07) is 61.9. The quantitative estimate of drug-likeness (QED) is 0.178. The van der Waals surface area contributed by atoms with Gasteiger partial charge in [-0.1, -0.05) is 164 Å². The largest absolute Gasteiger partial charge is 0.238 e. The summed E-state index contributed by atoms with van der Waals surface area (Å²) in [7, 11) is 0. The van der Waals surface area contributed by atoms with E-state index in [9.17, 15) is 0 Å². The molecule has 2 aliphatic carbocycles. The highest BCUT2D eigenvalue weighted by atomic mass is 14.9. The van der Waals surface area contributed by atoms with E-state index in [0.29, 0.717) is 11.5 Å². The Hall–Kier alpha value is -6.89. The summed E-state index contributed by atoms with van der Waals surface area (Å²) < 4.78 is 0. The SMILES string of the molecule is [C-]#[N+]c1ccc2c(c1)C1(c3ccccc3-c3ccccc31)c1cccc(-c3cccc(-c4cc(-c5ccccc5)nc(-c5ccccc5)n4)c3)c1-2. The Morgan fingerprint density at radius 2 is 0.941 bits per heavy atom. The average molecular weight is 648 g/mol. The minimum Gasteiger partial charge on any atom is -0.238 e. The first-order valence-corrected chi connectivity index (χ1v) is 17.2. The average Bonchev–Trinajstić information content (AvgIpc) is 3.68. The normalized spacial score (nSPS) is 12.8. The third-order valence-electron chi connectivity index (χ3n) is 10.5. The van der Waals surface area contributed by atoms with E-state index >= 15 is 0 Å². The fraction of sp³-hybridized carbons (Fsp3) is 0.0208. The van der Waals surface area contributed by atoms with E-state index in [1.807, 2.05) is 42.5 Å². The summed E-state index contributed by atoms with van der Waals surface area (Å²) in [5, 5.41) is 0. The Morgan fingerprint density at radius 1 is 0.392 bits per heavy atom. The third-order valence-corrected chi connectivity index (χ3v) is 10.5. The second-order valence-electron chi connectivity index (χ2n) is 13.2. The van der Waals surface area contributed by atoms with Crippen molar-refractivity contribution in [1.29, 1.82) is 0 Å². The molecule has 236 valence electrons. The van der Waals surface area contributed by atoms with Crippen LogP contribution in [0, 0.1) is 6.57 Å². The van der Waals surface area contributed by atoms with Gasteiger partial charge in [0.05, 0.1) is 23.4 Å². The van der Waals surface area contributed by atoms with Crippen LogP contribution in [0.5, 0.6) is 0 Å². The molecular formula is C48H29N3. The lowest BCUT2D eigenvalue weighted by atomic mass is 9.70. The molecule has 7 aromatic carbocycles. The minimum absolute atomic E-state index is 0.520. The molecule has 0 saturated carbocycles. The van der Waals surface area contributed by atoms with Crippen molar-refractivity contribution in [2.75, 3.05) is 0 Å². The summed E-state index contributed by atoms with van der Waals surface area (Å²) in [5.41, 5.74) is 17.0. The van der Waals surface area contributed by atoms with Crippen molar-refractivity contribution in [1.82, 2.24) is 9.97 Å². The van der Waals surface area contributed by atoms with Crippen LogP contribution in [0.2, 0.25) is 0 Å². The summed E-state index contributed by atoms with van der Waals surface area (Å²) in [6.07, 6.45) is 0. The summed E-state index contributed by atoms with van der Waals surface area (Å²) in [4.78, 5) is 14.0. The molecule has 0 fully saturated rings. The van der Waals surface area contributed by atoms with Crippen molar-refractivity contribution in [2.24, 2.45) is 0 Å². The molecule has 0 radical (unpaired) electrons. The monoisotopic (exact) mass is 647 g/mol. The van der Waals surface area contributed by atoms with Gasteiger partial charge in [0.25, 0.3) is 0 Å². The maximum Gasteiger partial charge on any atom is 0.187 e. The molecule has 0 amide bonds. The van der Waals surface area contributed by atoms with Gasteiger partial charge in [-0.05, 0) is 67.8 Å². The van der Waals surface area contributed by atoms with Crippen LogP contribution in [0.4, 0.5) is 5.69 Å². The number of aromatic nitrogens is 2. The number of fused-ring (bicyclic) bond motifs is 10. The molecule has 51 heavy (non-hydrogen) atoms. The minimum atomic E-state index is -0.520. The van der Waals surface area contributed by atoms with Crippen LogP contribution in [0.1, 0.15) is 22.3 Å². The van der Waals surface area contributed by atoms with Crippen molar-refractivity contribution >= 4 is 5.69 Å². The third kappa shape index (κ3) is 4.30. The van der Waals surface area contributed by atoms with E-state index in [0.717, 1.165) is 39.2 Å². The second kappa shape index (κ2) is 11.3. The van der Waals surface area contributed by atoms with E-state index in [-0.39, 0.29) is 0 Å². The molecule has 2 aliphatic rings. The van der Waals surface area contributed by atoms with Gasteiger partial charge in [0.2, 0.25) is 0 Å². The zero-order valence-electron chi connectivity index (χ0n) is 27.6. The highest BCUT2D eigenvalue weighted by Gasteiger charge is 2.52. The topological polar surface area (TPSA) is 30.1 Å². The first-order chi connectivity index (χ1) is 25.2. The summed E-state index contributed by atoms with van der Waals surface area (Å²) >= 11 is 0. The van der Waals surface area contributed by atoms with Crippen LogP contribution < -0.4 is 0 Å². The number of rotatable bonds is 4. The second-order valence-corrected chi connectivity index (χ2v) is 13.2. The Labute approximate surface area is 297 Å². The fourth-order valence-corrected chi connectivity index (χ4v) is 8.40. The van der Waals surface area contributed by atoms with E-state index in [4.69, 9.17) is 16.5 Å². The summed E-state index contributed by atoms with van der Waals surface area (Å²) in [5.74, 6) is 0.697. The highest BCUT2D eigenvalue weighted by Crippen LogP contribution is 2.64. The molecule has 0 saturated heterocycles. The van der Waals surface area contributed by atoms with Crippen LogP contribution in [-0.2, 0) is 5.41 Å². The smallest absolute Gasteiger partial charge is 0.187 e.